The molecule has 3 nitrogen and oxygen atoms in total. The molecule has 1 aromatic rings. The van der Waals surface area contributed by atoms with Crippen LogP contribution in [0.5, 0.6) is 0 Å². The van der Waals surface area contributed by atoms with Gasteiger partial charge in [0, 0.05) is 24.7 Å². The van der Waals surface area contributed by atoms with Gasteiger partial charge in [0.1, 0.15) is 5.82 Å². The largest absolute Gasteiger partial charge is 0.313 e. The minimum atomic E-state index is -0.218. The van der Waals surface area contributed by atoms with Crippen LogP contribution in [0.3, 0.4) is 0 Å². The van der Waals surface area contributed by atoms with E-state index in [1.54, 1.807) is 6.07 Å². The van der Waals surface area contributed by atoms with Crippen molar-refractivity contribution in [2.24, 2.45) is 0 Å². The standard InChI is InChI=1S/C16H22FN3/c1-2-8-20(12-15-4-3-7-19-15)11-14-9-13(10-18)5-6-16(14)17/h5-6,9,15,19H,2-4,7-8,11-12H2,1H3. The third-order valence-electron chi connectivity index (χ3n) is 3.75. The Hall–Kier alpha value is -1.44. The summed E-state index contributed by atoms with van der Waals surface area (Å²) < 4.78 is 13.9. The second-order valence-electron chi connectivity index (χ2n) is 5.45. The fourth-order valence-corrected chi connectivity index (χ4v) is 2.78. The van der Waals surface area contributed by atoms with Gasteiger partial charge in [-0.15, -0.1) is 0 Å². The van der Waals surface area contributed by atoms with Gasteiger partial charge in [0.2, 0.25) is 0 Å². The van der Waals surface area contributed by atoms with Crippen molar-refractivity contribution >= 4 is 0 Å². The lowest BCUT2D eigenvalue weighted by molar-refractivity contribution is 0.238. The third-order valence-corrected chi connectivity index (χ3v) is 3.75. The van der Waals surface area contributed by atoms with Crippen LogP contribution < -0.4 is 5.32 Å². The van der Waals surface area contributed by atoms with Gasteiger partial charge in [-0.25, -0.2) is 4.39 Å². The van der Waals surface area contributed by atoms with Gasteiger partial charge in [0.15, 0.2) is 0 Å². The van der Waals surface area contributed by atoms with Crippen LogP contribution in [0, 0.1) is 17.1 Å². The molecule has 0 aliphatic carbocycles. The Labute approximate surface area is 120 Å². The minimum Gasteiger partial charge on any atom is -0.313 e. The molecule has 1 atom stereocenters. The summed E-state index contributed by atoms with van der Waals surface area (Å²) >= 11 is 0. The molecule has 1 fully saturated rings. The molecule has 1 aromatic carbocycles. The van der Waals surface area contributed by atoms with Crippen LogP contribution in [0.4, 0.5) is 4.39 Å². The number of nitriles is 1. The first-order valence-electron chi connectivity index (χ1n) is 7.37. The molecule has 1 saturated heterocycles. The van der Waals surface area contributed by atoms with Crippen LogP contribution >= 0.6 is 0 Å². The van der Waals surface area contributed by atoms with Gasteiger partial charge in [-0.2, -0.15) is 5.26 Å². The highest BCUT2D eigenvalue weighted by molar-refractivity contribution is 5.33. The summed E-state index contributed by atoms with van der Waals surface area (Å²) in [5.74, 6) is -0.218. The highest BCUT2D eigenvalue weighted by atomic mass is 19.1. The number of benzene rings is 1. The van der Waals surface area contributed by atoms with E-state index in [-0.39, 0.29) is 5.82 Å². The van der Waals surface area contributed by atoms with E-state index in [9.17, 15) is 4.39 Å². The molecular weight excluding hydrogens is 253 g/mol. The van der Waals surface area contributed by atoms with Gasteiger partial charge in [-0.1, -0.05) is 6.92 Å². The van der Waals surface area contributed by atoms with Crippen molar-refractivity contribution in [2.45, 2.75) is 38.8 Å². The van der Waals surface area contributed by atoms with Crippen molar-refractivity contribution in [2.75, 3.05) is 19.6 Å². The van der Waals surface area contributed by atoms with Crippen LogP contribution in [-0.4, -0.2) is 30.6 Å². The van der Waals surface area contributed by atoms with Crippen molar-refractivity contribution in [1.29, 1.82) is 5.26 Å². The van der Waals surface area contributed by atoms with Crippen LogP contribution in [0.25, 0.3) is 0 Å². The zero-order valence-corrected chi connectivity index (χ0v) is 12.0. The number of hydrogen-bond donors (Lipinski definition) is 1. The smallest absolute Gasteiger partial charge is 0.127 e. The minimum absolute atomic E-state index is 0.218. The fourth-order valence-electron chi connectivity index (χ4n) is 2.78. The predicted molar refractivity (Wildman–Crippen MR) is 77.7 cm³/mol. The van der Waals surface area contributed by atoms with E-state index in [1.165, 1.54) is 25.0 Å². The maximum absolute atomic E-state index is 13.9. The first-order valence-corrected chi connectivity index (χ1v) is 7.37. The lowest BCUT2D eigenvalue weighted by Crippen LogP contribution is -2.37. The molecule has 0 spiro atoms. The molecule has 0 aromatic heterocycles. The summed E-state index contributed by atoms with van der Waals surface area (Å²) in [6, 6.07) is 7.18. The Kier molecular flexibility index (Phi) is 5.51. The summed E-state index contributed by atoms with van der Waals surface area (Å²) in [4.78, 5) is 2.28. The molecule has 1 heterocycles. The Bertz CT molecular complexity index is 475. The van der Waals surface area contributed by atoms with Crippen LogP contribution in [-0.2, 0) is 6.54 Å². The van der Waals surface area contributed by atoms with E-state index in [0.717, 1.165) is 26.1 Å². The molecule has 1 aliphatic rings. The highest BCUT2D eigenvalue weighted by Crippen LogP contribution is 2.15. The maximum atomic E-state index is 13.9. The number of nitrogens with zero attached hydrogens (tertiary/aromatic N) is 2. The number of nitrogens with one attached hydrogen (secondary N) is 1. The Balaban J connectivity index is 2.04. The molecule has 108 valence electrons. The highest BCUT2D eigenvalue weighted by Gasteiger charge is 2.18. The second kappa shape index (κ2) is 7.37. The maximum Gasteiger partial charge on any atom is 0.127 e. The predicted octanol–water partition coefficient (Wildman–Crippen LogP) is 2.66. The van der Waals surface area contributed by atoms with Crippen molar-refractivity contribution < 1.29 is 4.39 Å². The fraction of sp³-hybridized carbons (Fsp3) is 0.562. The van der Waals surface area contributed by atoms with Gasteiger partial charge < -0.3 is 5.32 Å². The van der Waals surface area contributed by atoms with Gasteiger partial charge in [0.05, 0.1) is 11.6 Å². The van der Waals surface area contributed by atoms with Crippen molar-refractivity contribution in [3.63, 3.8) is 0 Å². The van der Waals surface area contributed by atoms with Crippen LogP contribution in [0.1, 0.15) is 37.3 Å². The summed E-state index contributed by atoms with van der Waals surface area (Å²) in [6.45, 7) is 5.70. The molecule has 0 saturated carbocycles. The van der Waals surface area contributed by atoms with E-state index in [0.29, 0.717) is 23.7 Å². The van der Waals surface area contributed by atoms with Crippen LogP contribution in [0.15, 0.2) is 18.2 Å². The molecule has 1 N–H and O–H groups in total. The summed E-state index contributed by atoms with van der Waals surface area (Å²) in [7, 11) is 0. The van der Waals surface area contributed by atoms with Crippen molar-refractivity contribution in [3.05, 3.63) is 35.1 Å². The average molecular weight is 275 g/mol. The molecule has 0 amide bonds. The molecule has 20 heavy (non-hydrogen) atoms. The number of rotatable bonds is 6. The van der Waals surface area contributed by atoms with E-state index < -0.39 is 0 Å². The summed E-state index contributed by atoms with van der Waals surface area (Å²) in [5, 5.41) is 12.4. The number of hydrogen-bond acceptors (Lipinski definition) is 3. The molecule has 0 radical (unpaired) electrons. The molecule has 0 bridgehead atoms. The van der Waals surface area contributed by atoms with E-state index in [2.05, 4.69) is 23.2 Å². The molecule has 1 aliphatic heterocycles. The first kappa shape index (κ1) is 15.0. The second-order valence-corrected chi connectivity index (χ2v) is 5.45. The normalized spacial score (nSPS) is 18.4. The quantitative estimate of drug-likeness (QED) is 0.867. The van der Waals surface area contributed by atoms with Gasteiger partial charge in [-0.3, -0.25) is 4.90 Å². The first-order chi connectivity index (χ1) is 9.72. The summed E-state index contributed by atoms with van der Waals surface area (Å²) in [6.07, 6.45) is 3.47. The SMILES string of the molecule is CCCN(Cc1cc(C#N)ccc1F)CC1CCCN1. The zero-order chi connectivity index (χ0) is 14.4. The van der Waals surface area contributed by atoms with E-state index >= 15 is 0 Å². The van der Waals surface area contributed by atoms with Gasteiger partial charge in [-0.05, 0) is 50.6 Å². The van der Waals surface area contributed by atoms with Crippen molar-refractivity contribution in [3.8, 4) is 6.07 Å². The van der Waals surface area contributed by atoms with Gasteiger partial charge in [0.25, 0.3) is 0 Å². The lowest BCUT2D eigenvalue weighted by atomic mass is 10.1. The Morgan fingerprint density at radius 3 is 3.00 bits per heavy atom. The molecule has 1 unspecified atom stereocenters. The topological polar surface area (TPSA) is 39.1 Å². The monoisotopic (exact) mass is 275 g/mol. The zero-order valence-electron chi connectivity index (χ0n) is 12.0. The van der Waals surface area contributed by atoms with Crippen LogP contribution in [0.2, 0.25) is 0 Å². The molecular formula is C16H22FN3. The molecule has 4 heteroatoms. The number of halogens is 1. The molecule has 2 rings (SSSR count). The Morgan fingerprint density at radius 2 is 2.35 bits per heavy atom. The van der Waals surface area contributed by atoms with E-state index in [1.807, 2.05) is 0 Å². The van der Waals surface area contributed by atoms with E-state index in [4.69, 9.17) is 5.26 Å². The third kappa shape index (κ3) is 4.03. The van der Waals surface area contributed by atoms with Crippen molar-refractivity contribution in [1.82, 2.24) is 10.2 Å². The summed E-state index contributed by atoms with van der Waals surface area (Å²) in [5.41, 5.74) is 1.15. The Morgan fingerprint density at radius 1 is 1.50 bits per heavy atom. The average Bonchev–Trinajstić information content (AvgIpc) is 2.94. The van der Waals surface area contributed by atoms with Gasteiger partial charge >= 0.3 is 0 Å². The lowest BCUT2D eigenvalue weighted by Gasteiger charge is -2.25.